The van der Waals surface area contributed by atoms with Crippen molar-refractivity contribution in [3.8, 4) is 11.3 Å². The summed E-state index contributed by atoms with van der Waals surface area (Å²) in [4.78, 5) is 4.27. The molecule has 22 heavy (non-hydrogen) atoms. The van der Waals surface area contributed by atoms with Crippen LogP contribution in [0.4, 0.5) is 4.39 Å². The van der Waals surface area contributed by atoms with Gasteiger partial charge in [0, 0.05) is 12.1 Å². The Hall–Kier alpha value is -2.46. The van der Waals surface area contributed by atoms with Crippen molar-refractivity contribution in [2.45, 2.75) is 20.0 Å². The van der Waals surface area contributed by atoms with Crippen molar-refractivity contribution < 1.29 is 8.81 Å². The fourth-order valence-electron chi connectivity index (χ4n) is 2.26. The summed E-state index contributed by atoms with van der Waals surface area (Å²) in [6, 6.07) is 15.0. The van der Waals surface area contributed by atoms with E-state index in [0.29, 0.717) is 24.5 Å². The average molecular weight is 296 g/mol. The number of halogens is 1. The van der Waals surface area contributed by atoms with Crippen LogP contribution in [-0.4, -0.2) is 4.98 Å². The zero-order valence-corrected chi connectivity index (χ0v) is 12.3. The molecule has 3 nitrogen and oxygen atoms in total. The quantitative estimate of drug-likeness (QED) is 0.771. The summed E-state index contributed by atoms with van der Waals surface area (Å²) in [5.74, 6) is 1.22. The first-order valence-electron chi connectivity index (χ1n) is 7.18. The van der Waals surface area contributed by atoms with Crippen LogP contribution in [0.3, 0.4) is 0 Å². The Bertz CT molecular complexity index is 753. The van der Waals surface area contributed by atoms with E-state index < -0.39 is 0 Å². The molecule has 0 saturated heterocycles. The second-order valence-corrected chi connectivity index (χ2v) is 5.17. The number of hydrogen-bond acceptors (Lipinski definition) is 3. The molecule has 0 aliphatic carbocycles. The van der Waals surface area contributed by atoms with Crippen molar-refractivity contribution in [1.82, 2.24) is 10.3 Å². The normalized spacial score (nSPS) is 10.8. The molecule has 0 unspecified atom stereocenters. The lowest BCUT2D eigenvalue weighted by Gasteiger charge is -2.04. The third-order valence-corrected chi connectivity index (χ3v) is 3.44. The van der Waals surface area contributed by atoms with Crippen LogP contribution in [0, 0.1) is 12.7 Å². The number of nitrogens with zero attached hydrogens (tertiary/aromatic N) is 1. The van der Waals surface area contributed by atoms with Gasteiger partial charge in [-0.05, 0) is 24.1 Å². The molecule has 1 N–H and O–H groups in total. The van der Waals surface area contributed by atoms with E-state index >= 15 is 0 Å². The summed E-state index contributed by atoms with van der Waals surface area (Å²) in [6.45, 7) is 2.94. The van der Waals surface area contributed by atoms with Crippen LogP contribution < -0.4 is 5.32 Å². The van der Waals surface area contributed by atoms with E-state index in [1.165, 1.54) is 6.07 Å². The molecule has 0 aliphatic heterocycles. The minimum Gasteiger partial charge on any atom is -0.439 e. The molecule has 2 aromatic carbocycles. The van der Waals surface area contributed by atoms with E-state index in [2.05, 4.69) is 10.3 Å². The highest BCUT2D eigenvalue weighted by Crippen LogP contribution is 2.19. The van der Waals surface area contributed by atoms with Crippen LogP contribution in [0.2, 0.25) is 0 Å². The van der Waals surface area contributed by atoms with Crippen LogP contribution in [0.5, 0.6) is 0 Å². The second-order valence-electron chi connectivity index (χ2n) is 5.17. The molecule has 1 aromatic heterocycles. The third kappa shape index (κ3) is 3.40. The zero-order valence-electron chi connectivity index (χ0n) is 12.3. The number of aromatic nitrogens is 1. The fourth-order valence-corrected chi connectivity index (χ4v) is 2.26. The Morgan fingerprint density at radius 3 is 2.68 bits per heavy atom. The highest BCUT2D eigenvalue weighted by molar-refractivity contribution is 5.55. The molecule has 3 aromatic rings. The fraction of sp³-hybridized carbons (Fsp3) is 0.167. The number of benzene rings is 2. The summed E-state index contributed by atoms with van der Waals surface area (Å²) >= 11 is 0. The van der Waals surface area contributed by atoms with Gasteiger partial charge in [-0.1, -0.05) is 42.5 Å². The molecule has 1 heterocycles. The number of hydrogen-bond donors (Lipinski definition) is 1. The first-order valence-corrected chi connectivity index (χ1v) is 7.18. The lowest BCUT2D eigenvalue weighted by molar-refractivity contribution is 0.477. The lowest BCUT2D eigenvalue weighted by Crippen LogP contribution is -2.13. The van der Waals surface area contributed by atoms with E-state index in [9.17, 15) is 4.39 Å². The Morgan fingerprint density at radius 2 is 1.91 bits per heavy atom. The van der Waals surface area contributed by atoms with Crippen molar-refractivity contribution in [1.29, 1.82) is 0 Å². The minimum atomic E-state index is -0.177. The monoisotopic (exact) mass is 296 g/mol. The number of rotatable bonds is 5. The summed E-state index contributed by atoms with van der Waals surface area (Å²) in [5, 5.41) is 3.25. The predicted molar refractivity (Wildman–Crippen MR) is 83.6 cm³/mol. The van der Waals surface area contributed by atoms with E-state index in [-0.39, 0.29) is 5.82 Å². The summed E-state index contributed by atoms with van der Waals surface area (Å²) in [6.07, 6.45) is 1.73. The van der Waals surface area contributed by atoms with Gasteiger partial charge in [-0.2, -0.15) is 0 Å². The first kappa shape index (κ1) is 14.5. The highest BCUT2D eigenvalue weighted by Gasteiger charge is 2.06. The topological polar surface area (TPSA) is 38.1 Å². The van der Waals surface area contributed by atoms with Crippen molar-refractivity contribution in [2.75, 3.05) is 0 Å². The Balaban J connectivity index is 1.58. The van der Waals surface area contributed by atoms with Crippen LogP contribution in [-0.2, 0) is 13.1 Å². The van der Waals surface area contributed by atoms with Gasteiger partial charge in [0.1, 0.15) is 5.82 Å². The van der Waals surface area contributed by atoms with E-state index in [1.807, 2.05) is 36.4 Å². The zero-order chi connectivity index (χ0) is 15.4. The maximum Gasteiger partial charge on any atom is 0.208 e. The molecule has 0 amide bonds. The van der Waals surface area contributed by atoms with E-state index in [4.69, 9.17) is 4.42 Å². The van der Waals surface area contributed by atoms with Gasteiger partial charge in [0.25, 0.3) is 0 Å². The number of oxazole rings is 1. The number of aryl methyl sites for hydroxylation is 1. The van der Waals surface area contributed by atoms with Gasteiger partial charge in [-0.25, -0.2) is 9.37 Å². The molecule has 0 aliphatic rings. The van der Waals surface area contributed by atoms with Crippen molar-refractivity contribution in [2.24, 2.45) is 0 Å². The maximum absolute atomic E-state index is 13.2. The van der Waals surface area contributed by atoms with E-state index in [0.717, 1.165) is 16.9 Å². The smallest absolute Gasteiger partial charge is 0.208 e. The van der Waals surface area contributed by atoms with Gasteiger partial charge >= 0.3 is 0 Å². The first-order chi connectivity index (χ1) is 10.7. The third-order valence-electron chi connectivity index (χ3n) is 3.44. The molecule has 112 valence electrons. The Morgan fingerprint density at radius 1 is 1.09 bits per heavy atom. The predicted octanol–water partition coefficient (Wildman–Crippen LogP) is 4.08. The molecule has 0 bridgehead atoms. The largest absolute Gasteiger partial charge is 0.439 e. The van der Waals surface area contributed by atoms with Gasteiger partial charge in [-0.3, -0.25) is 0 Å². The van der Waals surface area contributed by atoms with Crippen LogP contribution >= 0.6 is 0 Å². The van der Waals surface area contributed by atoms with Crippen molar-refractivity contribution in [3.63, 3.8) is 0 Å². The van der Waals surface area contributed by atoms with E-state index in [1.54, 1.807) is 19.2 Å². The van der Waals surface area contributed by atoms with Crippen LogP contribution in [0.1, 0.15) is 17.0 Å². The van der Waals surface area contributed by atoms with Gasteiger partial charge in [-0.15, -0.1) is 0 Å². The number of nitrogens with one attached hydrogen (secondary N) is 1. The molecule has 0 fully saturated rings. The summed E-state index contributed by atoms with van der Waals surface area (Å²) in [7, 11) is 0. The van der Waals surface area contributed by atoms with Crippen LogP contribution in [0.15, 0.2) is 59.1 Å². The molecule has 0 saturated carbocycles. The molecule has 0 radical (unpaired) electrons. The van der Waals surface area contributed by atoms with Gasteiger partial charge in [0.2, 0.25) is 5.89 Å². The molecule has 3 rings (SSSR count). The molecule has 4 heteroatoms. The average Bonchev–Trinajstić information content (AvgIpc) is 3.01. The van der Waals surface area contributed by atoms with Crippen molar-refractivity contribution >= 4 is 0 Å². The van der Waals surface area contributed by atoms with Crippen molar-refractivity contribution in [3.05, 3.63) is 77.6 Å². The molecule has 0 atom stereocenters. The molecule has 0 spiro atoms. The standard InChI is InChI=1S/C18H17FN2O/c1-13-9-14(7-8-16(13)19)10-20-12-18-21-11-17(22-18)15-5-3-2-4-6-15/h2-9,11,20H,10,12H2,1H3. The van der Waals surface area contributed by atoms with Crippen LogP contribution in [0.25, 0.3) is 11.3 Å². The molecular weight excluding hydrogens is 279 g/mol. The summed E-state index contributed by atoms with van der Waals surface area (Å²) in [5.41, 5.74) is 2.70. The van der Waals surface area contributed by atoms with Gasteiger partial charge < -0.3 is 9.73 Å². The minimum absolute atomic E-state index is 0.177. The molecular formula is C18H17FN2O. The second kappa shape index (κ2) is 6.54. The lowest BCUT2D eigenvalue weighted by atomic mass is 10.1. The Kier molecular flexibility index (Phi) is 4.30. The Labute approximate surface area is 128 Å². The summed E-state index contributed by atoms with van der Waals surface area (Å²) < 4.78 is 18.9. The van der Waals surface area contributed by atoms with Gasteiger partial charge in [0.05, 0.1) is 12.7 Å². The highest BCUT2D eigenvalue weighted by atomic mass is 19.1. The van der Waals surface area contributed by atoms with Gasteiger partial charge in [0.15, 0.2) is 5.76 Å². The SMILES string of the molecule is Cc1cc(CNCc2ncc(-c3ccccc3)o2)ccc1F. The maximum atomic E-state index is 13.2.